The van der Waals surface area contributed by atoms with Crippen LogP contribution < -0.4 is 5.32 Å². The third-order valence-electron chi connectivity index (χ3n) is 6.09. The lowest BCUT2D eigenvalue weighted by molar-refractivity contribution is -0.134. The van der Waals surface area contributed by atoms with Gasteiger partial charge in [0.25, 0.3) is 5.91 Å². The molecule has 1 aliphatic rings. The third-order valence-corrected chi connectivity index (χ3v) is 6.09. The van der Waals surface area contributed by atoms with Crippen molar-refractivity contribution in [2.75, 3.05) is 13.1 Å². The van der Waals surface area contributed by atoms with E-state index in [0.29, 0.717) is 31.5 Å². The summed E-state index contributed by atoms with van der Waals surface area (Å²) in [6.45, 7) is 4.90. The smallest absolute Gasteiger partial charge is 0.255 e. The minimum absolute atomic E-state index is 0.0107. The lowest BCUT2D eigenvalue weighted by atomic mass is 9.73. The van der Waals surface area contributed by atoms with Crippen LogP contribution in [0.15, 0.2) is 67.5 Å². The molecule has 7 heteroatoms. The standard InChI is InChI=1S/C26H29N5O2/c1-19(2)30-25(33)26(10-6-12-31(17-26)24(32)21-8-5-11-27-14-21)13-20-7-3-4-9-23(20)22-15-28-18-29-16-22/h3-5,7-9,11,14-16,18-19H,6,10,12-13,17H2,1-2H3,(H,30,33)/t26-/m0/s1. The van der Waals surface area contributed by atoms with Crippen LogP contribution in [0.3, 0.4) is 0 Å². The van der Waals surface area contributed by atoms with Crippen molar-refractivity contribution >= 4 is 11.8 Å². The molecular formula is C26H29N5O2. The summed E-state index contributed by atoms with van der Waals surface area (Å²) in [5.74, 6) is -0.102. The molecule has 1 fully saturated rings. The molecule has 0 aliphatic carbocycles. The number of nitrogens with zero attached hydrogens (tertiary/aromatic N) is 4. The van der Waals surface area contributed by atoms with E-state index in [2.05, 4.69) is 26.3 Å². The second kappa shape index (κ2) is 9.90. The molecule has 0 bridgehead atoms. The Morgan fingerprint density at radius 3 is 2.58 bits per heavy atom. The van der Waals surface area contributed by atoms with Gasteiger partial charge >= 0.3 is 0 Å². The summed E-state index contributed by atoms with van der Waals surface area (Å²) in [4.78, 5) is 41.0. The first-order chi connectivity index (χ1) is 16.0. The molecule has 3 heterocycles. The van der Waals surface area contributed by atoms with Crippen molar-refractivity contribution in [3.63, 3.8) is 0 Å². The Hall–Kier alpha value is -3.61. The van der Waals surface area contributed by atoms with Crippen molar-refractivity contribution < 1.29 is 9.59 Å². The molecular weight excluding hydrogens is 414 g/mol. The minimum atomic E-state index is -0.730. The molecule has 0 radical (unpaired) electrons. The second-order valence-electron chi connectivity index (χ2n) is 8.94. The molecule has 0 unspecified atom stereocenters. The summed E-state index contributed by atoms with van der Waals surface area (Å²) in [6.07, 6.45) is 10.3. The Bertz CT molecular complexity index is 1100. The van der Waals surface area contributed by atoms with Gasteiger partial charge in [-0.25, -0.2) is 9.97 Å². The number of hydrogen-bond acceptors (Lipinski definition) is 5. The highest BCUT2D eigenvalue weighted by Crippen LogP contribution is 2.37. The van der Waals surface area contributed by atoms with E-state index in [9.17, 15) is 9.59 Å². The maximum Gasteiger partial charge on any atom is 0.255 e. The number of nitrogens with one attached hydrogen (secondary N) is 1. The van der Waals surface area contributed by atoms with Gasteiger partial charge in [0.15, 0.2) is 0 Å². The zero-order valence-corrected chi connectivity index (χ0v) is 19.1. The van der Waals surface area contributed by atoms with Crippen LogP contribution in [0.4, 0.5) is 0 Å². The zero-order valence-electron chi connectivity index (χ0n) is 19.1. The van der Waals surface area contributed by atoms with Crippen LogP contribution in [0, 0.1) is 5.41 Å². The normalized spacial score (nSPS) is 18.2. The molecule has 0 spiro atoms. The van der Waals surface area contributed by atoms with Gasteiger partial charge in [0.2, 0.25) is 5.91 Å². The average molecular weight is 444 g/mol. The number of amides is 2. The monoisotopic (exact) mass is 443 g/mol. The highest BCUT2D eigenvalue weighted by molar-refractivity contribution is 5.94. The van der Waals surface area contributed by atoms with Crippen LogP contribution in [0.1, 0.15) is 42.6 Å². The number of aromatic nitrogens is 3. The number of carbonyl (C=O) groups excluding carboxylic acids is 2. The Labute approximate surface area is 194 Å². The second-order valence-corrected chi connectivity index (χ2v) is 8.94. The maximum absolute atomic E-state index is 13.6. The zero-order chi connectivity index (χ0) is 23.3. The molecule has 2 amide bonds. The van der Waals surface area contributed by atoms with Gasteiger partial charge in [-0.05, 0) is 56.4 Å². The number of hydrogen-bond donors (Lipinski definition) is 1. The van der Waals surface area contributed by atoms with Gasteiger partial charge in [0, 0.05) is 49.5 Å². The molecule has 1 atom stereocenters. The van der Waals surface area contributed by atoms with E-state index in [0.717, 1.165) is 23.1 Å². The van der Waals surface area contributed by atoms with Crippen molar-refractivity contribution in [2.45, 2.75) is 39.2 Å². The lowest BCUT2D eigenvalue weighted by Gasteiger charge is -2.42. The Morgan fingerprint density at radius 2 is 1.85 bits per heavy atom. The predicted molar refractivity (Wildman–Crippen MR) is 126 cm³/mol. The molecule has 2 aromatic heterocycles. The van der Waals surface area contributed by atoms with Crippen molar-refractivity contribution in [1.29, 1.82) is 0 Å². The minimum Gasteiger partial charge on any atom is -0.353 e. The van der Waals surface area contributed by atoms with Crippen LogP contribution in [0.25, 0.3) is 11.1 Å². The molecule has 1 aliphatic heterocycles. The molecule has 170 valence electrons. The van der Waals surface area contributed by atoms with Crippen LogP contribution in [0.2, 0.25) is 0 Å². The molecule has 4 rings (SSSR count). The van der Waals surface area contributed by atoms with E-state index in [1.54, 1.807) is 41.8 Å². The molecule has 7 nitrogen and oxygen atoms in total. The summed E-state index contributed by atoms with van der Waals surface area (Å²) in [7, 11) is 0. The highest BCUT2D eigenvalue weighted by atomic mass is 16.2. The van der Waals surface area contributed by atoms with Gasteiger partial charge in [0.1, 0.15) is 6.33 Å². The molecule has 1 aromatic carbocycles. The van der Waals surface area contributed by atoms with E-state index >= 15 is 0 Å². The highest BCUT2D eigenvalue weighted by Gasteiger charge is 2.44. The van der Waals surface area contributed by atoms with Gasteiger partial charge in [-0.1, -0.05) is 24.3 Å². The average Bonchev–Trinajstić information content (AvgIpc) is 2.85. The van der Waals surface area contributed by atoms with Gasteiger partial charge in [-0.2, -0.15) is 0 Å². The fourth-order valence-electron chi connectivity index (χ4n) is 4.56. The molecule has 3 aromatic rings. The van der Waals surface area contributed by atoms with E-state index in [4.69, 9.17) is 0 Å². The van der Waals surface area contributed by atoms with Crippen LogP contribution in [-0.2, 0) is 11.2 Å². The van der Waals surface area contributed by atoms with Gasteiger partial charge in [0.05, 0.1) is 11.0 Å². The third kappa shape index (κ3) is 5.08. The van der Waals surface area contributed by atoms with Crippen LogP contribution in [-0.4, -0.2) is 50.8 Å². The number of carbonyl (C=O) groups is 2. The van der Waals surface area contributed by atoms with Crippen LogP contribution >= 0.6 is 0 Å². The summed E-state index contributed by atoms with van der Waals surface area (Å²) in [5, 5.41) is 3.12. The van der Waals surface area contributed by atoms with E-state index < -0.39 is 5.41 Å². The molecule has 33 heavy (non-hydrogen) atoms. The number of likely N-dealkylation sites (tertiary alicyclic amines) is 1. The predicted octanol–water partition coefficient (Wildman–Crippen LogP) is 3.53. The summed E-state index contributed by atoms with van der Waals surface area (Å²) < 4.78 is 0. The molecule has 1 N–H and O–H groups in total. The number of piperidine rings is 1. The van der Waals surface area contributed by atoms with E-state index in [1.807, 2.05) is 32.0 Å². The largest absolute Gasteiger partial charge is 0.353 e. The number of pyridine rings is 1. The molecule has 1 saturated heterocycles. The van der Waals surface area contributed by atoms with Crippen molar-refractivity contribution in [2.24, 2.45) is 5.41 Å². The first-order valence-electron chi connectivity index (χ1n) is 11.3. The maximum atomic E-state index is 13.6. The lowest BCUT2D eigenvalue weighted by Crippen LogP contribution is -2.55. The van der Waals surface area contributed by atoms with Gasteiger partial charge in [-0.15, -0.1) is 0 Å². The van der Waals surface area contributed by atoms with Crippen molar-refractivity contribution in [3.05, 3.63) is 78.6 Å². The Kier molecular flexibility index (Phi) is 6.77. The number of benzene rings is 1. The number of rotatable bonds is 6. The SMILES string of the molecule is CC(C)NC(=O)[C@]1(Cc2ccccc2-c2cncnc2)CCCN(C(=O)c2cccnc2)C1. The first kappa shape index (κ1) is 22.6. The summed E-state index contributed by atoms with van der Waals surface area (Å²) in [5.41, 5.74) is 2.77. The van der Waals surface area contributed by atoms with E-state index in [-0.39, 0.29) is 17.9 Å². The fraction of sp³-hybridized carbons (Fsp3) is 0.346. The van der Waals surface area contributed by atoms with Crippen molar-refractivity contribution in [1.82, 2.24) is 25.2 Å². The van der Waals surface area contributed by atoms with E-state index in [1.165, 1.54) is 6.33 Å². The first-order valence-corrected chi connectivity index (χ1v) is 11.3. The van der Waals surface area contributed by atoms with Gasteiger partial charge in [-0.3, -0.25) is 14.6 Å². The Morgan fingerprint density at radius 1 is 1.06 bits per heavy atom. The molecule has 0 saturated carbocycles. The summed E-state index contributed by atoms with van der Waals surface area (Å²) >= 11 is 0. The topological polar surface area (TPSA) is 88.1 Å². The van der Waals surface area contributed by atoms with Crippen molar-refractivity contribution in [3.8, 4) is 11.1 Å². The quantitative estimate of drug-likeness (QED) is 0.630. The fourth-order valence-corrected chi connectivity index (χ4v) is 4.56. The van der Waals surface area contributed by atoms with Crippen LogP contribution in [0.5, 0.6) is 0 Å². The van der Waals surface area contributed by atoms with Gasteiger partial charge < -0.3 is 10.2 Å². The Balaban J connectivity index is 1.69. The summed E-state index contributed by atoms with van der Waals surface area (Å²) in [6, 6.07) is 11.6.